The Bertz CT molecular complexity index is 1170. The van der Waals surface area contributed by atoms with Crippen LogP contribution in [0.1, 0.15) is 19.5 Å². The average molecular weight is 445 g/mol. The molecule has 0 aliphatic heterocycles. The van der Waals surface area contributed by atoms with Crippen LogP contribution in [0.5, 0.6) is 0 Å². The smallest absolute Gasteiger partial charge is 0.387 e. The summed E-state index contributed by atoms with van der Waals surface area (Å²) in [6.45, 7) is 2.88. The Morgan fingerprint density at radius 3 is 2.43 bits per heavy atom. The van der Waals surface area contributed by atoms with Crippen LogP contribution in [-0.2, 0) is 19.8 Å². The summed E-state index contributed by atoms with van der Waals surface area (Å²) in [5.74, 6) is 0.0785. The number of halogens is 3. The molecule has 0 aliphatic carbocycles. The highest BCUT2D eigenvalue weighted by Gasteiger charge is 2.36. The molecule has 0 saturated heterocycles. The van der Waals surface area contributed by atoms with Crippen molar-refractivity contribution in [3.05, 3.63) is 34.4 Å². The van der Waals surface area contributed by atoms with Crippen LogP contribution < -0.4 is 10.9 Å². The van der Waals surface area contributed by atoms with Crippen molar-refractivity contribution in [2.24, 2.45) is 7.05 Å². The number of fused-ring (bicyclic) bond motifs is 1. The quantitative estimate of drug-likeness (QED) is 0.548. The molecule has 8 nitrogen and oxygen atoms in total. The molecule has 0 saturated carbocycles. The second-order valence-electron chi connectivity index (χ2n) is 6.58. The number of nitrogens with one attached hydrogen (secondary N) is 1. The van der Waals surface area contributed by atoms with E-state index in [0.717, 1.165) is 6.07 Å². The summed E-state index contributed by atoms with van der Waals surface area (Å²) in [5.41, 5.74) is -1.49. The van der Waals surface area contributed by atoms with E-state index in [4.69, 9.17) is 0 Å². The van der Waals surface area contributed by atoms with E-state index in [1.807, 2.05) is 0 Å². The van der Waals surface area contributed by atoms with Gasteiger partial charge in [-0.25, -0.2) is 9.97 Å². The van der Waals surface area contributed by atoms with E-state index in [-0.39, 0.29) is 39.7 Å². The molecule has 30 heavy (non-hydrogen) atoms. The summed E-state index contributed by atoms with van der Waals surface area (Å²) in [5, 5.41) is 2.85. The first-order chi connectivity index (χ1) is 14.0. The zero-order chi connectivity index (χ0) is 22.4. The zero-order valence-electron chi connectivity index (χ0n) is 16.8. The molecule has 164 valence electrons. The van der Waals surface area contributed by atoms with Crippen LogP contribution in [0.2, 0.25) is 0 Å². The van der Waals surface area contributed by atoms with Crippen molar-refractivity contribution in [2.45, 2.75) is 31.5 Å². The monoisotopic (exact) mass is 445 g/mol. The number of nitrogens with zero attached hydrogens (tertiary/aromatic N) is 4. The zero-order valence-corrected chi connectivity index (χ0v) is 17.6. The van der Waals surface area contributed by atoms with Gasteiger partial charge in [0.05, 0.1) is 22.3 Å². The third-order valence-electron chi connectivity index (χ3n) is 4.85. The molecule has 0 aromatic carbocycles. The van der Waals surface area contributed by atoms with Gasteiger partial charge in [0, 0.05) is 26.4 Å². The first kappa shape index (κ1) is 22.1. The lowest BCUT2D eigenvalue weighted by Crippen LogP contribution is -2.28. The van der Waals surface area contributed by atoms with Crippen molar-refractivity contribution >= 4 is 27.3 Å². The molecule has 0 bridgehead atoms. The SMILES string of the molecule is CCn1c(C(F)(F)F)cc2nc(-c3ncc(NC)cc3S(O)(O)CC)n(C)c2c1=O. The Morgan fingerprint density at radius 2 is 1.90 bits per heavy atom. The molecule has 3 rings (SSSR count). The Morgan fingerprint density at radius 1 is 1.23 bits per heavy atom. The van der Waals surface area contributed by atoms with Gasteiger partial charge in [-0.3, -0.25) is 13.9 Å². The molecular weight excluding hydrogens is 423 g/mol. The standard InChI is InChI=1S/C18H22F3N5O3S/c1-5-26-13(18(19,20)21)8-11-15(17(26)27)25(4)16(24-11)14-12(30(28,29)6-2)7-10(22-3)9-23-14/h7-9,22,28-29H,5-6H2,1-4H3. The van der Waals surface area contributed by atoms with E-state index in [1.54, 1.807) is 14.0 Å². The van der Waals surface area contributed by atoms with Gasteiger partial charge in [0.1, 0.15) is 16.9 Å². The van der Waals surface area contributed by atoms with Gasteiger partial charge in [0.2, 0.25) is 0 Å². The second-order valence-corrected chi connectivity index (χ2v) is 8.93. The number of hydrogen-bond donors (Lipinski definition) is 3. The second kappa shape index (κ2) is 7.60. The van der Waals surface area contributed by atoms with E-state index < -0.39 is 28.0 Å². The highest BCUT2D eigenvalue weighted by molar-refractivity contribution is 8.24. The molecule has 0 atom stereocenters. The summed E-state index contributed by atoms with van der Waals surface area (Å²) in [6.07, 6.45) is -3.29. The van der Waals surface area contributed by atoms with Crippen LogP contribution in [0.4, 0.5) is 18.9 Å². The number of anilines is 1. The van der Waals surface area contributed by atoms with Crippen molar-refractivity contribution in [1.29, 1.82) is 0 Å². The van der Waals surface area contributed by atoms with Gasteiger partial charge in [-0.2, -0.15) is 23.8 Å². The van der Waals surface area contributed by atoms with E-state index in [2.05, 4.69) is 15.3 Å². The van der Waals surface area contributed by atoms with Gasteiger partial charge in [-0.05, 0) is 26.0 Å². The molecule has 0 amide bonds. The lowest BCUT2D eigenvalue weighted by atomic mass is 10.3. The molecule has 0 radical (unpaired) electrons. The first-order valence-electron chi connectivity index (χ1n) is 9.07. The molecule has 0 spiro atoms. The Kier molecular flexibility index (Phi) is 5.60. The van der Waals surface area contributed by atoms with Gasteiger partial charge in [-0.1, -0.05) is 0 Å². The normalized spacial score (nSPS) is 13.1. The fourth-order valence-corrected chi connectivity index (χ4v) is 4.31. The maximum absolute atomic E-state index is 13.4. The number of aromatic nitrogens is 4. The summed E-state index contributed by atoms with van der Waals surface area (Å²) in [4.78, 5) is 21.4. The fraction of sp³-hybridized carbons (Fsp3) is 0.389. The van der Waals surface area contributed by atoms with E-state index in [1.165, 1.54) is 30.8 Å². The maximum Gasteiger partial charge on any atom is 0.431 e. The Labute approximate surface area is 171 Å². The molecule has 3 aromatic heterocycles. The molecule has 0 unspecified atom stereocenters. The van der Waals surface area contributed by atoms with E-state index >= 15 is 0 Å². The molecule has 0 fully saturated rings. The number of alkyl halides is 3. The summed E-state index contributed by atoms with van der Waals surface area (Å²) < 4.78 is 63.4. The highest BCUT2D eigenvalue weighted by atomic mass is 32.3. The average Bonchev–Trinajstić information content (AvgIpc) is 3.03. The lowest BCUT2D eigenvalue weighted by molar-refractivity contribution is -0.144. The van der Waals surface area contributed by atoms with Crippen molar-refractivity contribution in [3.8, 4) is 11.5 Å². The minimum atomic E-state index is -4.73. The lowest BCUT2D eigenvalue weighted by Gasteiger charge is -2.32. The minimum absolute atomic E-state index is 0.0135. The van der Waals surface area contributed by atoms with Crippen LogP contribution in [0.15, 0.2) is 28.0 Å². The van der Waals surface area contributed by atoms with E-state index in [0.29, 0.717) is 10.3 Å². The van der Waals surface area contributed by atoms with Crippen LogP contribution >= 0.6 is 10.6 Å². The van der Waals surface area contributed by atoms with Crippen molar-refractivity contribution in [1.82, 2.24) is 19.1 Å². The maximum atomic E-state index is 13.4. The third kappa shape index (κ3) is 3.55. The Balaban J connectivity index is 2.38. The van der Waals surface area contributed by atoms with Crippen molar-refractivity contribution in [3.63, 3.8) is 0 Å². The van der Waals surface area contributed by atoms with Gasteiger partial charge < -0.3 is 14.5 Å². The molecular formula is C18H22F3N5O3S. The van der Waals surface area contributed by atoms with Gasteiger partial charge in [-0.15, -0.1) is 0 Å². The van der Waals surface area contributed by atoms with Gasteiger partial charge in [0.15, 0.2) is 5.82 Å². The Hall–Kier alpha value is -2.57. The molecule has 3 aromatic rings. The molecule has 0 aliphatic rings. The topological polar surface area (TPSA) is 105 Å². The molecule has 3 N–H and O–H groups in total. The van der Waals surface area contributed by atoms with Crippen LogP contribution in [0.3, 0.4) is 0 Å². The van der Waals surface area contributed by atoms with E-state index in [9.17, 15) is 27.1 Å². The summed E-state index contributed by atoms with van der Waals surface area (Å²) >= 11 is 0. The molecule has 12 heteroatoms. The fourth-order valence-electron chi connectivity index (χ4n) is 3.23. The minimum Gasteiger partial charge on any atom is -0.387 e. The van der Waals surface area contributed by atoms with Gasteiger partial charge in [0.25, 0.3) is 5.56 Å². The predicted octanol–water partition coefficient (Wildman–Crippen LogP) is 4.01. The summed E-state index contributed by atoms with van der Waals surface area (Å²) in [7, 11) is -0.119. The number of hydrogen-bond acceptors (Lipinski definition) is 6. The number of imidazole rings is 1. The van der Waals surface area contributed by atoms with Crippen LogP contribution in [-0.4, -0.2) is 41.0 Å². The molecule has 3 heterocycles. The summed E-state index contributed by atoms with van der Waals surface area (Å²) in [6, 6.07) is 2.33. The highest BCUT2D eigenvalue weighted by Crippen LogP contribution is 2.51. The van der Waals surface area contributed by atoms with Crippen LogP contribution in [0, 0.1) is 0 Å². The largest absolute Gasteiger partial charge is 0.431 e. The third-order valence-corrected chi connectivity index (χ3v) is 6.67. The van der Waals surface area contributed by atoms with Crippen molar-refractivity contribution < 1.29 is 22.3 Å². The first-order valence-corrected chi connectivity index (χ1v) is 10.8. The number of rotatable bonds is 5. The number of aryl methyl sites for hydroxylation is 1. The number of pyridine rings is 2. The predicted molar refractivity (Wildman–Crippen MR) is 110 cm³/mol. The van der Waals surface area contributed by atoms with Crippen molar-refractivity contribution in [2.75, 3.05) is 18.1 Å². The van der Waals surface area contributed by atoms with Crippen LogP contribution in [0.25, 0.3) is 22.6 Å². The van der Waals surface area contributed by atoms with Gasteiger partial charge >= 0.3 is 6.18 Å².